The van der Waals surface area contributed by atoms with Gasteiger partial charge in [0, 0.05) is 18.2 Å². The van der Waals surface area contributed by atoms with Crippen LogP contribution in [-0.2, 0) is 0 Å². The van der Waals surface area contributed by atoms with E-state index in [4.69, 9.17) is 0 Å². The molecule has 20 heavy (non-hydrogen) atoms. The minimum atomic E-state index is -0.144. The molecule has 108 valence electrons. The SMILES string of the molecule is CC(C)CNC(=O)c1ccc2c(c1)[nH]c(=O)n2C(C)C. The number of aromatic amines is 1. The zero-order valence-corrected chi connectivity index (χ0v) is 12.4. The summed E-state index contributed by atoms with van der Waals surface area (Å²) in [6.45, 7) is 8.64. The van der Waals surface area contributed by atoms with Crippen LogP contribution in [0.1, 0.15) is 44.1 Å². The standard InChI is InChI=1S/C15H21N3O2/c1-9(2)8-16-14(19)11-5-6-13-12(7-11)17-15(20)18(13)10(3)4/h5-7,9-10H,8H2,1-4H3,(H,16,19)(H,17,20). The Kier molecular flexibility index (Phi) is 3.97. The Labute approximate surface area is 118 Å². The van der Waals surface area contributed by atoms with Gasteiger partial charge in [-0.2, -0.15) is 0 Å². The van der Waals surface area contributed by atoms with Crippen LogP contribution in [0.3, 0.4) is 0 Å². The first-order valence-electron chi connectivity index (χ1n) is 6.92. The van der Waals surface area contributed by atoms with Crippen LogP contribution in [0.2, 0.25) is 0 Å². The van der Waals surface area contributed by atoms with Gasteiger partial charge in [0.25, 0.3) is 5.91 Å². The van der Waals surface area contributed by atoms with Crippen LogP contribution in [0.4, 0.5) is 0 Å². The molecular weight excluding hydrogens is 254 g/mol. The van der Waals surface area contributed by atoms with Gasteiger partial charge in [-0.15, -0.1) is 0 Å². The van der Waals surface area contributed by atoms with Crippen LogP contribution >= 0.6 is 0 Å². The second-order valence-electron chi connectivity index (χ2n) is 5.73. The van der Waals surface area contributed by atoms with Crippen LogP contribution in [0.5, 0.6) is 0 Å². The monoisotopic (exact) mass is 275 g/mol. The van der Waals surface area contributed by atoms with Crippen molar-refractivity contribution in [2.75, 3.05) is 6.54 Å². The zero-order valence-electron chi connectivity index (χ0n) is 12.4. The number of carbonyl (C=O) groups is 1. The summed E-state index contributed by atoms with van der Waals surface area (Å²) < 4.78 is 1.69. The Bertz CT molecular complexity index is 680. The molecule has 2 rings (SSSR count). The second-order valence-corrected chi connectivity index (χ2v) is 5.73. The van der Waals surface area contributed by atoms with Gasteiger partial charge in [0.15, 0.2) is 0 Å². The number of benzene rings is 1. The van der Waals surface area contributed by atoms with E-state index >= 15 is 0 Å². The van der Waals surface area contributed by atoms with Crippen molar-refractivity contribution in [3.8, 4) is 0 Å². The highest BCUT2D eigenvalue weighted by Crippen LogP contribution is 2.16. The van der Waals surface area contributed by atoms with Crippen molar-refractivity contribution in [2.45, 2.75) is 33.7 Å². The third kappa shape index (κ3) is 2.76. The first kappa shape index (κ1) is 14.4. The van der Waals surface area contributed by atoms with Gasteiger partial charge < -0.3 is 10.3 Å². The van der Waals surface area contributed by atoms with Gasteiger partial charge in [0.1, 0.15) is 0 Å². The molecule has 0 unspecified atom stereocenters. The fraction of sp³-hybridized carbons (Fsp3) is 0.467. The molecule has 0 aliphatic rings. The molecule has 0 aliphatic heterocycles. The van der Waals surface area contributed by atoms with Crippen molar-refractivity contribution in [3.05, 3.63) is 34.2 Å². The molecule has 1 amide bonds. The lowest BCUT2D eigenvalue weighted by Gasteiger charge is -2.09. The number of nitrogens with one attached hydrogen (secondary N) is 2. The summed E-state index contributed by atoms with van der Waals surface area (Å²) in [6.07, 6.45) is 0. The highest BCUT2D eigenvalue weighted by atomic mass is 16.2. The molecule has 5 nitrogen and oxygen atoms in total. The maximum absolute atomic E-state index is 12.0. The Morgan fingerprint density at radius 1 is 1.30 bits per heavy atom. The van der Waals surface area contributed by atoms with Gasteiger partial charge >= 0.3 is 5.69 Å². The van der Waals surface area contributed by atoms with E-state index in [-0.39, 0.29) is 17.6 Å². The molecular formula is C15H21N3O2. The van der Waals surface area contributed by atoms with Crippen LogP contribution in [-0.4, -0.2) is 22.0 Å². The first-order valence-corrected chi connectivity index (χ1v) is 6.92. The van der Waals surface area contributed by atoms with E-state index in [1.165, 1.54) is 0 Å². The van der Waals surface area contributed by atoms with E-state index in [1.54, 1.807) is 16.7 Å². The van der Waals surface area contributed by atoms with Gasteiger partial charge in [-0.05, 0) is 38.0 Å². The maximum atomic E-state index is 12.0. The molecule has 0 bridgehead atoms. The molecule has 0 radical (unpaired) electrons. The Balaban J connectivity index is 2.35. The lowest BCUT2D eigenvalue weighted by atomic mass is 10.1. The highest BCUT2D eigenvalue weighted by molar-refractivity contribution is 5.97. The average Bonchev–Trinajstić information content (AvgIpc) is 2.70. The number of rotatable bonds is 4. The molecule has 2 aromatic rings. The molecule has 0 aliphatic carbocycles. The predicted octanol–water partition coefficient (Wildman–Crippen LogP) is 2.30. The average molecular weight is 275 g/mol. The molecule has 1 aromatic carbocycles. The molecule has 0 saturated carbocycles. The number of fused-ring (bicyclic) bond motifs is 1. The topological polar surface area (TPSA) is 66.9 Å². The van der Waals surface area contributed by atoms with Gasteiger partial charge in [-0.3, -0.25) is 9.36 Å². The van der Waals surface area contributed by atoms with E-state index in [9.17, 15) is 9.59 Å². The number of aromatic nitrogens is 2. The van der Waals surface area contributed by atoms with E-state index in [1.807, 2.05) is 33.8 Å². The molecule has 1 aromatic heterocycles. The van der Waals surface area contributed by atoms with E-state index in [0.717, 1.165) is 5.52 Å². The number of amides is 1. The number of hydrogen-bond acceptors (Lipinski definition) is 2. The van der Waals surface area contributed by atoms with E-state index < -0.39 is 0 Å². The van der Waals surface area contributed by atoms with Crippen LogP contribution in [0.15, 0.2) is 23.0 Å². The Morgan fingerprint density at radius 3 is 2.60 bits per heavy atom. The normalized spacial score (nSPS) is 11.5. The summed E-state index contributed by atoms with van der Waals surface area (Å²) in [6, 6.07) is 5.38. The number of carbonyl (C=O) groups excluding carboxylic acids is 1. The Morgan fingerprint density at radius 2 is 2.00 bits per heavy atom. The van der Waals surface area contributed by atoms with Crippen molar-refractivity contribution in [1.29, 1.82) is 0 Å². The van der Waals surface area contributed by atoms with Crippen molar-refractivity contribution in [2.24, 2.45) is 5.92 Å². The molecule has 0 fully saturated rings. The molecule has 0 atom stereocenters. The van der Waals surface area contributed by atoms with Gasteiger partial charge in [0.05, 0.1) is 11.0 Å². The van der Waals surface area contributed by atoms with Crippen molar-refractivity contribution < 1.29 is 4.79 Å². The predicted molar refractivity (Wildman–Crippen MR) is 80.1 cm³/mol. The lowest BCUT2D eigenvalue weighted by molar-refractivity contribution is 0.0949. The third-order valence-electron chi connectivity index (χ3n) is 3.17. The van der Waals surface area contributed by atoms with Gasteiger partial charge in [0.2, 0.25) is 0 Å². The van der Waals surface area contributed by atoms with Gasteiger partial charge in [-0.1, -0.05) is 13.8 Å². The highest BCUT2D eigenvalue weighted by Gasteiger charge is 2.12. The fourth-order valence-corrected chi connectivity index (χ4v) is 2.18. The quantitative estimate of drug-likeness (QED) is 0.899. The summed E-state index contributed by atoms with van der Waals surface area (Å²) in [4.78, 5) is 26.7. The van der Waals surface area contributed by atoms with Crippen molar-refractivity contribution in [3.63, 3.8) is 0 Å². The van der Waals surface area contributed by atoms with Gasteiger partial charge in [-0.25, -0.2) is 4.79 Å². The van der Waals surface area contributed by atoms with E-state index in [0.29, 0.717) is 23.5 Å². The minimum absolute atomic E-state index is 0.0804. The summed E-state index contributed by atoms with van der Waals surface area (Å²) in [5.41, 5.74) is 1.94. The fourth-order valence-electron chi connectivity index (χ4n) is 2.18. The summed E-state index contributed by atoms with van der Waals surface area (Å²) in [5, 5.41) is 2.87. The number of nitrogens with zero attached hydrogens (tertiary/aromatic N) is 1. The molecule has 2 N–H and O–H groups in total. The summed E-state index contributed by atoms with van der Waals surface area (Å²) in [7, 11) is 0. The largest absolute Gasteiger partial charge is 0.352 e. The smallest absolute Gasteiger partial charge is 0.326 e. The molecule has 0 spiro atoms. The molecule has 0 saturated heterocycles. The first-order chi connectivity index (χ1) is 9.40. The van der Waals surface area contributed by atoms with Crippen molar-refractivity contribution >= 4 is 16.9 Å². The number of imidazole rings is 1. The lowest BCUT2D eigenvalue weighted by Crippen LogP contribution is -2.27. The van der Waals surface area contributed by atoms with E-state index in [2.05, 4.69) is 10.3 Å². The number of hydrogen-bond donors (Lipinski definition) is 2. The van der Waals surface area contributed by atoms with Crippen molar-refractivity contribution in [1.82, 2.24) is 14.9 Å². The second kappa shape index (κ2) is 5.53. The third-order valence-corrected chi connectivity index (χ3v) is 3.17. The van der Waals surface area contributed by atoms with Crippen LogP contribution in [0, 0.1) is 5.92 Å². The minimum Gasteiger partial charge on any atom is -0.352 e. The zero-order chi connectivity index (χ0) is 14.9. The van der Waals surface area contributed by atoms with Crippen LogP contribution in [0.25, 0.3) is 11.0 Å². The Hall–Kier alpha value is -2.04. The summed E-state index contributed by atoms with van der Waals surface area (Å²) in [5.74, 6) is 0.295. The summed E-state index contributed by atoms with van der Waals surface area (Å²) >= 11 is 0. The maximum Gasteiger partial charge on any atom is 0.326 e. The molecule has 1 heterocycles. The molecule has 5 heteroatoms. The van der Waals surface area contributed by atoms with Crippen LogP contribution < -0.4 is 11.0 Å². The number of H-pyrrole nitrogens is 1.